The van der Waals surface area contributed by atoms with E-state index in [4.69, 9.17) is 0 Å². The summed E-state index contributed by atoms with van der Waals surface area (Å²) in [4.78, 5) is 12.6. The highest BCUT2D eigenvalue weighted by molar-refractivity contribution is 8.00. The van der Waals surface area contributed by atoms with Gasteiger partial charge < -0.3 is 9.88 Å². The molecule has 1 saturated carbocycles. The minimum absolute atomic E-state index is 0.195. The van der Waals surface area contributed by atoms with Gasteiger partial charge in [0.1, 0.15) is 11.4 Å². The first-order chi connectivity index (χ1) is 13.0. The average Bonchev–Trinajstić information content (AvgIpc) is 3.03. The normalized spacial score (nSPS) is 17.1. The zero-order valence-electron chi connectivity index (χ0n) is 15.4. The Morgan fingerprint density at radius 1 is 1.33 bits per heavy atom. The Morgan fingerprint density at radius 2 is 2.04 bits per heavy atom. The lowest BCUT2D eigenvalue weighted by molar-refractivity contribution is -0.121. The van der Waals surface area contributed by atoms with Gasteiger partial charge in [0.25, 0.3) is 0 Å². The molecule has 0 bridgehead atoms. The van der Waals surface area contributed by atoms with E-state index in [0.717, 1.165) is 19.3 Å². The molecule has 0 aliphatic heterocycles. The molecule has 1 aliphatic rings. The van der Waals surface area contributed by atoms with Gasteiger partial charge in [-0.15, -0.1) is 10.2 Å². The number of hydrogen-bond donors (Lipinski definition) is 1. The van der Waals surface area contributed by atoms with Crippen LogP contribution in [0.4, 0.5) is 4.39 Å². The van der Waals surface area contributed by atoms with Crippen LogP contribution < -0.4 is 5.32 Å². The van der Waals surface area contributed by atoms with Crippen molar-refractivity contribution in [3.63, 3.8) is 0 Å². The van der Waals surface area contributed by atoms with Gasteiger partial charge in [0.05, 0.1) is 16.9 Å². The number of hydrogen-bond acceptors (Lipinski definition) is 5. The Hall–Kier alpha value is -2.40. The SMILES string of the molecule is C[C@@H](Sc1nnc(-c2ccccc2F)n1C)C(=O)NC1(C#N)CCCCC1. The molecule has 8 heteroatoms. The molecule has 1 heterocycles. The smallest absolute Gasteiger partial charge is 0.234 e. The summed E-state index contributed by atoms with van der Waals surface area (Å²) in [6.07, 6.45) is 4.37. The van der Waals surface area contributed by atoms with E-state index in [0.29, 0.717) is 29.4 Å². The van der Waals surface area contributed by atoms with Crippen LogP contribution in [0.2, 0.25) is 0 Å². The van der Waals surface area contributed by atoms with Crippen LogP contribution in [0, 0.1) is 17.1 Å². The Balaban J connectivity index is 1.71. The summed E-state index contributed by atoms with van der Waals surface area (Å²) in [6.45, 7) is 1.77. The van der Waals surface area contributed by atoms with Gasteiger partial charge >= 0.3 is 0 Å². The molecule has 3 rings (SSSR count). The van der Waals surface area contributed by atoms with Crippen LogP contribution in [0.25, 0.3) is 11.4 Å². The fraction of sp³-hybridized carbons (Fsp3) is 0.474. The molecule has 0 saturated heterocycles. The van der Waals surface area contributed by atoms with Crippen molar-refractivity contribution in [2.75, 3.05) is 0 Å². The van der Waals surface area contributed by atoms with Gasteiger partial charge in [-0.2, -0.15) is 5.26 Å². The van der Waals surface area contributed by atoms with Crippen LogP contribution in [-0.2, 0) is 11.8 Å². The zero-order chi connectivity index (χ0) is 19.4. The van der Waals surface area contributed by atoms with E-state index in [2.05, 4.69) is 21.6 Å². The third kappa shape index (κ3) is 4.14. The topological polar surface area (TPSA) is 83.6 Å². The van der Waals surface area contributed by atoms with Crippen molar-refractivity contribution in [1.82, 2.24) is 20.1 Å². The van der Waals surface area contributed by atoms with E-state index in [-0.39, 0.29) is 11.7 Å². The quantitative estimate of drug-likeness (QED) is 0.795. The highest BCUT2D eigenvalue weighted by Crippen LogP contribution is 2.30. The third-order valence-electron chi connectivity index (χ3n) is 4.88. The molecule has 1 N–H and O–H groups in total. The van der Waals surface area contributed by atoms with E-state index in [1.165, 1.54) is 17.8 Å². The van der Waals surface area contributed by atoms with Crippen LogP contribution in [0.3, 0.4) is 0 Å². The molecule has 0 unspecified atom stereocenters. The second-order valence-electron chi connectivity index (χ2n) is 6.85. The molecule has 1 aliphatic carbocycles. The van der Waals surface area contributed by atoms with E-state index < -0.39 is 10.8 Å². The van der Waals surface area contributed by atoms with Crippen molar-refractivity contribution < 1.29 is 9.18 Å². The number of nitriles is 1. The van der Waals surface area contributed by atoms with E-state index >= 15 is 0 Å². The summed E-state index contributed by atoms with van der Waals surface area (Å²) in [5, 5.41) is 20.7. The Kier molecular flexibility index (Phi) is 5.80. The van der Waals surface area contributed by atoms with Crippen molar-refractivity contribution in [3.05, 3.63) is 30.1 Å². The average molecular weight is 387 g/mol. The van der Waals surface area contributed by atoms with Crippen molar-refractivity contribution in [2.45, 2.75) is 55.0 Å². The van der Waals surface area contributed by atoms with Crippen LogP contribution in [-0.4, -0.2) is 31.5 Å². The van der Waals surface area contributed by atoms with Crippen LogP contribution in [0.5, 0.6) is 0 Å². The number of aromatic nitrogens is 3. The molecule has 1 aromatic carbocycles. The van der Waals surface area contributed by atoms with Gasteiger partial charge in [-0.25, -0.2) is 4.39 Å². The van der Waals surface area contributed by atoms with E-state index in [1.54, 1.807) is 36.7 Å². The lowest BCUT2D eigenvalue weighted by Gasteiger charge is -2.32. The molecule has 27 heavy (non-hydrogen) atoms. The van der Waals surface area contributed by atoms with Gasteiger partial charge in [0.2, 0.25) is 5.91 Å². The van der Waals surface area contributed by atoms with Crippen LogP contribution in [0.15, 0.2) is 29.4 Å². The second-order valence-corrected chi connectivity index (χ2v) is 8.16. The fourth-order valence-electron chi connectivity index (χ4n) is 3.26. The summed E-state index contributed by atoms with van der Waals surface area (Å²) in [7, 11) is 1.74. The number of carbonyl (C=O) groups excluding carboxylic acids is 1. The molecule has 1 amide bonds. The summed E-state index contributed by atoms with van der Waals surface area (Å²) in [5.41, 5.74) is -0.398. The van der Waals surface area contributed by atoms with Crippen molar-refractivity contribution in [2.24, 2.45) is 7.05 Å². The van der Waals surface area contributed by atoms with Crippen molar-refractivity contribution >= 4 is 17.7 Å². The summed E-state index contributed by atoms with van der Waals surface area (Å²) >= 11 is 1.24. The first kappa shape index (κ1) is 19.4. The van der Waals surface area contributed by atoms with Gasteiger partial charge in [0, 0.05) is 7.05 Å². The maximum atomic E-state index is 14.0. The summed E-state index contributed by atoms with van der Waals surface area (Å²) < 4.78 is 15.7. The van der Waals surface area contributed by atoms with Gasteiger partial charge in [0.15, 0.2) is 11.0 Å². The molecule has 0 radical (unpaired) electrons. The molecule has 6 nitrogen and oxygen atoms in total. The van der Waals surface area contributed by atoms with Gasteiger partial charge in [-0.3, -0.25) is 4.79 Å². The van der Waals surface area contributed by atoms with Crippen molar-refractivity contribution in [3.8, 4) is 17.5 Å². The first-order valence-corrected chi connectivity index (χ1v) is 9.88. The predicted molar refractivity (Wildman–Crippen MR) is 101 cm³/mol. The molecule has 142 valence electrons. The lowest BCUT2D eigenvalue weighted by atomic mass is 9.83. The first-order valence-electron chi connectivity index (χ1n) is 9.00. The molecule has 1 aromatic heterocycles. The van der Waals surface area contributed by atoms with Crippen LogP contribution in [0.1, 0.15) is 39.0 Å². The van der Waals surface area contributed by atoms with E-state index in [1.807, 2.05) is 0 Å². The Bertz CT molecular complexity index is 869. The number of rotatable bonds is 5. The number of thioether (sulfide) groups is 1. The van der Waals surface area contributed by atoms with Gasteiger partial charge in [-0.1, -0.05) is 43.2 Å². The molecular formula is C19H22FN5OS. The van der Waals surface area contributed by atoms with Crippen LogP contribution >= 0.6 is 11.8 Å². The highest BCUT2D eigenvalue weighted by Gasteiger charge is 2.35. The highest BCUT2D eigenvalue weighted by atomic mass is 32.2. The van der Waals surface area contributed by atoms with E-state index in [9.17, 15) is 14.4 Å². The molecule has 2 aromatic rings. The standard InChI is InChI=1S/C19H22FN5OS/c1-13(17(26)22-19(12-21)10-6-3-7-11-19)27-18-24-23-16(25(18)2)14-8-4-5-9-15(14)20/h4-5,8-9,13H,3,6-7,10-11H2,1-2H3,(H,22,26)/t13-/m1/s1. The third-order valence-corrected chi connectivity index (χ3v) is 6.02. The fourth-order valence-corrected chi connectivity index (χ4v) is 4.08. The number of benzene rings is 1. The molecule has 1 fully saturated rings. The molecular weight excluding hydrogens is 365 g/mol. The largest absolute Gasteiger partial charge is 0.337 e. The Labute approximate surface area is 162 Å². The molecule has 1 atom stereocenters. The maximum absolute atomic E-state index is 14.0. The minimum Gasteiger partial charge on any atom is -0.337 e. The predicted octanol–water partition coefficient (Wildman–Crippen LogP) is 3.44. The maximum Gasteiger partial charge on any atom is 0.234 e. The summed E-state index contributed by atoms with van der Waals surface area (Å²) in [5.74, 6) is -0.161. The summed E-state index contributed by atoms with van der Waals surface area (Å²) in [6, 6.07) is 8.67. The zero-order valence-corrected chi connectivity index (χ0v) is 16.2. The Morgan fingerprint density at radius 3 is 2.70 bits per heavy atom. The number of nitrogens with zero attached hydrogens (tertiary/aromatic N) is 4. The van der Waals surface area contributed by atoms with Crippen molar-refractivity contribution in [1.29, 1.82) is 5.26 Å². The number of carbonyl (C=O) groups is 1. The van der Waals surface area contributed by atoms with Gasteiger partial charge in [-0.05, 0) is 31.9 Å². The lowest BCUT2D eigenvalue weighted by Crippen LogP contribution is -2.50. The monoisotopic (exact) mass is 387 g/mol. The number of amides is 1. The second kappa shape index (κ2) is 8.09. The molecule has 0 spiro atoms. The minimum atomic E-state index is -0.762. The number of halogens is 1. The number of nitrogens with one attached hydrogen (secondary N) is 1.